The maximum atomic E-state index is 12.6. The number of rotatable bonds is 5. The molecule has 0 N–H and O–H groups in total. The molecular weight excluding hydrogens is 485 g/mol. The lowest BCUT2D eigenvalue weighted by Gasteiger charge is -2.36. The van der Waals surface area contributed by atoms with Crippen LogP contribution in [0.5, 0.6) is 0 Å². The number of hydrogen-bond donors (Lipinski definition) is 0. The molecule has 0 radical (unpaired) electrons. The van der Waals surface area contributed by atoms with E-state index in [1.165, 1.54) is 0 Å². The topological polar surface area (TPSA) is 61.8 Å². The fourth-order valence-electron chi connectivity index (χ4n) is 4.00. The van der Waals surface area contributed by atoms with Crippen molar-refractivity contribution in [3.8, 4) is 11.3 Å². The van der Waals surface area contributed by atoms with Crippen molar-refractivity contribution in [2.45, 2.75) is 26.4 Å². The summed E-state index contributed by atoms with van der Waals surface area (Å²) in [6, 6.07) is 12.3. The average molecular weight is 519 g/mol. The molecule has 2 aliphatic rings. The average Bonchev–Trinajstić information content (AvgIpc) is 2.80. The Balaban J connectivity index is 0.00000181. The molecule has 0 unspecified atom stereocenters. The second kappa shape index (κ2) is 14.0. The zero-order chi connectivity index (χ0) is 20.9. The summed E-state index contributed by atoms with van der Waals surface area (Å²) < 4.78 is 5.32. The fraction of sp³-hybridized carbons (Fsp3) is 0.522. The van der Waals surface area contributed by atoms with Crippen molar-refractivity contribution in [3.05, 3.63) is 47.7 Å². The minimum absolute atomic E-state index is 0. The van der Waals surface area contributed by atoms with E-state index in [9.17, 15) is 4.79 Å². The third-order valence-corrected chi connectivity index (χ3v) is 5.97. The maximum Gasteiger partial charge on any atom is 0.254 e. The van der Waals surface area contributed by atoms with E-state index in [-0.39, 0.29) is 43.1 Å². The molecule has 2 aliphatic heterocycles. The SMILES string of the molecule is CC(C)N1CCN(Cc2ccc(-c3ccc(C(=O)N4CCOCC4)cc3)nn2)CC1.Cl.Cl.Cl. The van der Waals surface area contributed by atoms with E-state index in [2.05, 4.69) is 39.9 Å². The van der Waals surface area contributed by atoms with Gasteiger partial charge in [-0.15, -0.1) is 37.2 Å². The minimum Gasteiger partial charge on any atom is -0.378 e. The fourth-order valence-corrected chi connectivity index (χ4v) is 4.00. The molecule has 2 fully saturated rings. The third-order valence-electron chi connectivity index (χ3n) is 5.97. The summed E-state index contributed by atoms with van der Waals surface area (Å²) in [6.45, 7) is 12.2. The highest BCUT2D eigenvalue weighted by atomic mass is 35.5. The van der Waals surface area contributed by atoms with Crippen LogP contribution in [0.3, 0.4) is 0 Å². The molecule has 33 heavy (non-hydrogen) atoms. The molecule has 10 heteroatoms. The van der Waals surface area contributed by atoms with E-state index in [0.29, 0.717) is 37.9 Å². The molecule has 1 amide bonds. The van der Waals surface area contributed by atoms with E-state index in [4.69, 9.17) is 4.74 Å². The standard InChI is InChI=1S/C23H31N5O2.3ClH/c1-18(2)27-11-9-26(10-12-27)17-21-7-8-22(25-24-21)19-3-5-20(6-4-19)23(29)28-13-15-30-16-14-28;;;/h3-8,18H,9-17H2,1-2H3;3*1H. The van der Waals surface area contributed by atoms with Crippen molar-refractivity contribution in [2.75, 3.05) is 52.5 Å². The van der Waals surface area contributed by atoms with E-state index >= 15 is 0 Å². The van der Waals surface area contributed by atoms with Gasteiger partial charge in [-0.1, -0.05) is 12.1 Å². The van der Waals surface area contributed by atoms with Gasteiger partial charge in [0, 0.05) is 63.0 Å². The van der Waals surface area contributed by atoms with Crippen LogP contribution in [0, 0.1) is 0 Å². The summed E-state index contributed by atoms with van der Waals surface area (Å²) in [6.07, 6.45) is 0. The summed E-state index contributed by atoms with van der Waals surface area (Å²) in [5, 5.41) is 8.86. The van der Waals surface area contributed by atoms with Crippen molar-refractivity contribution in [1.82, 2.24) is 24.9 Å². The van der Waals surface area contributed by atoms with Crippen molar-refractivity contribution < 1.29 is 9.53 Å². The van der Waals surface area contributed by atoms with Crippen molar-refractivity contribution >= 4 is 43.1 Å². The monoisotopic (exact) mass is 517 g/mol. The van der Waals surface area contributed by atoms with Gasteiger partial charge >= 0.3 is 0 Å². The summed E-state index contributed by atoms with van der Waals surface area (Å²) >= 11 is 0. The van der Waals surface area contributed by atoms with Crippen LogP contribution in [-0.4, -0.2) is 89.3 Å². The second-order valence-electron chi connectivity index (χ2n) is 8.30. The molecule has 0 saturated carbocycles. The lowest BCUT2D eigenvalue weighted by atomic mass is 10.1. The molecule has 1 aromatic carbocycles. The normalized spacial score (nSPS) is 17.0. The Morgan fingerprint density at radius 1 is 0.879 bits per heavy atom. The van der Waals surface area contributed by atoms with Crippen LogP contribution < -0.4 is 0 Å². The number of amides is 1. The van der Waals surface area contributed by atoms with Crippen LogP contribution in [0.4, 0.5) is 0 Å². The van der Waals surface area contributed by atoms with Gasteiger partial charge in [-0.05, 0) is 38.1 Å². The van der Waals surface area contributed by atoms with E-state index in [0.717, 1.165) is 49.7 Å². The number of aromatic nitrogens is 2. The number of benzene rings is 1. The molecule has 0 atom stereocenters. The molecule has 2 saturated heterocycles. The summed E-state index contributed by atoms with van der Waals surface area (Å²) in [7, 11) is 0. The number of halogens is 3. The molecule has 4 rings (SSSR count). The predicted molar refractivity (Wildman–Crippen MR) is 138 cm³/mol. The molecule has 2 aromatic rings. The molecule has 184 valence electrons. The van der Waals surface area contributed by atoms with Crippen molar-refractivity contribution in [1.29, 1.82) is 0 Å². The highest BCUT2D eigenvalue weighted by Crippen LogP contribution is 2.19. The predicted octanol–water partition coefficient (Wildman–Crippen LogP) is 3.41. The zero-order valence-corrected chi connectivity index (χ0v) is 21.6. The van der Waals surface area contributed by atoms with E-state index < -0.39 is 0 Å². The summed E-state index contributed by atoms with van der Waals surface area (Å²) in [4.78, 5) is 19.4. The minimum atomic E-state index is 0. The van der Waals surface area contributed by atoms with Crippen LogP contribution >= 0.6 is 37.2 Å². The van der Waals surface area contributed by atoms with Gasteiger partial charge in [-0.2, -0.15) is 10.2 Å². The molecule has 7 nitrogen and oxygen atoms in total. The van der Waals surface area contributed by atoms with Gasteiger partial charge in [0.25, 0.3) is 5.91 Å². The largest absolute Gasteiger partial charge is 0.378 e. The summed E-state index contributed by atoms with van der Waals surface area (Å²) in [5.74, 6) is 0.0591. The first-order valence-electron chi connectivity index (χ1n) is 10.9. The van der Waals surface area contributed by atoms with Crippen LogP contribution in [0.25, 0.3) is 11.3 Å². The van der Waals surface area contributed by atoms with Gasteiger partial charge in [0.15, 0.2) is 0 Å². The van der Waals surface area contributed by atoms with E-state index in [1.807, 2.05) is 35.2 Å². The lowest BCUT2D eigenvalue weighted by Crippen LogP contribution is -2.48. The number of carbonyl (C=O) groups is 1. The van der Waals surface area contributed by atoms with Crippen LogP contribution in [0.2, 0.25) is 0 Å². The van der Waals surface area contributed by atoms with Crippen molar-refractivity contribution in [2.24, 2.45) is 0 Å². The first-order valence-corrected chi connectivity index (χ1v) is 10.9. The van der Waals surface area contributed by atoms with Crippen LogP contribution in [-0.2, 0) is 11.3 Å². The Kier molecular flexibility index (Phi) is 12.6. The van der Waals surface area contributed by atoms with Crippen molar-refractivity contribution in [3.63, 3.8) is 0 Å². The van der Waals surface area contributed by atoms with Gasteiger partial charge in [-0.3, -0.25) is 14.6 Å². The second-order valence-corrected chi connectivity index (χ2v) is 8.30. The maximum absolute atomic E-state index is 12.6. The number of ether oxygens (including phenoxy) is 1. The van der Waals surface area contributed by atoms with Gasteiger partial charge in [0.05, 0.1) is 24.6 Å². The smallest absolute Gasteiger partial charge is 0.254 e. The lowest BCUT2D eigenvalue weighted by molar-refractivity contribution is 0.0303. The molecular formula is C23H34Cl3N5O2. The Labute approximate surface area is 215 Å². The molecule has 1 aromatic heterocycles. The number of nitrogens with zero attached hydrogens (tertiary/aromatic N) is 5. The Hall–Kier alpha value is -1.48. The Bertz CT molecular complexity index is 838. The molecule has 0 bridgehead atoms. The van der Waals surface area contributed by atoms with Gasteiger partial charge < -0.3 is 9.64 Å². The zero-order valence-electron chi connectivity index (χ0n) is 19.2. The number of hydrogen-bond acceptors (Lipinski definition) is 6. The molecule has 0 spiro atoms. The molecule has 0 aliphatic carbocycles. The Morgan fingerprint density at radius 2 is 1.52 bits per heavy atom. The van der Waals surface area contributed by atoms with Gasteiger partial charge in [0.1, 0.15) is 0 Å². The van der Waals surface area contributed by atoms with E-state index in [1.54, 1.807) is 0 Å². The van der Waals surface area contributed by atoms with Gasteiger partial charge in [-0.25, -0.2) is 0 Å². The summed E-state index contributed by atoms with van der Waals surface area (Å²) in [5.41, 5.74) is 3.49. The first kappa shape index (κ1) is 29.6. The van der Waals surface area contributed by atoms with Crippen LogP contribution in [0.15, 0.2) is 36.4 Å². The first-order chi connectivity index (χ1) is 14.6. The number of morpholine rings is 1. The molecule has 3 heterocycles. The van der Waals surface area contributed by atoms with Crippen LogP contribution in [0.1, 0.15) is 29.9 Å². The Morgan fingerprint density at radius 3 is 2.06 bits per heavy atom. The quantitative estimate of drug-likeness (QED) is 0.605. The number of piperazine rings is 1. The van der Waals surface area contributed by atoms with Gasteiger partial charge in [0.2, 0.25) is 0 Å². The highest BCUT2D eigenvalue weighted by molar-refractivity contribution is 5.94. The number of carbonyl (C=O) groups excluding carboxylic acids is 1. The third kappa shape index (κ3) is 7.77. The highest BCUT2D eigenvalue weighted by Gasteiger charge is 2.20.